The number of carbonyl (C=O) groups is 1. The van der Waals surface area contributed by atoms with Gasteiger partial charge in [-0.1, -0.05) is 60.2 Å². The van der Waals surface area contributed by atoms with Crippen molar-refractivity contribution in [3.8, 4) is 10.6 Å². The van der Waals surface area contributed by atoms with E-state index in [1.807, 2.05) is 12.1 Å². The second-order valence-corrected chi connectivity index (χ2v) is 9.50. The molecule has 1 unspecified atom stereocenters. The molecule has 1 heterocycles. The van der Waals surface area contributed by atoms with Crippen molar-refractivity contribution in [3.05, 3.63) is 59.6 Å². The van der Waals surface area contributed by atoms with E-state index in [4.69, 9.17) is 11.6 Å². The fraction of sp³-hybridized carbons (Fsp3) is 0.211. The first-order valence-electron chi connectivity index (χ1n) is 8.74. The zero-order valence-electron chi connectivity index (χ0n) is 15.7. The largest absolute Gasteiger partial charge is 0.299 e. The van der Waals surface area contributed by atoms with E-state index in [0.29, 0.717) is 20.8 Å². The first-order chi connectivity index (χ1) is 13.8. The minimum atomic E-state index is -3.68. The van der Waals surface area contributed by atoms with Crippen molar-refractivity contribution < 1.29 is 13.2 Å². The Morgan fingerprint density at radius 3 is 2.38 bits per heavy atom. The van der Waals surface area contributed by atoms with Gasteiger partial charge in [-0.2, -0.15) is 0 Å². The van der Waals surface area contributed by atoms with Gasteiger partial charge in [-0.15, -0.1) is 10.2 Å². The summed E-state index contributed by atoms with van der Waals surface area (Å²) < 4.78 is 26.0. The Balaban J connectivity index is 1.83. The van der Waals surface area contributed by atoms with Crippen LogP contribution in [0, 0.1) is 0 Å². The molecule has 3 aromatic rings. The van der Waals surface area contributed by atoms with Crippen molar-refractivity contribution in [2.24, 2.45) is 0 Å². The number of para-hydroxylation sites is 1. The number of halogens is 1. The van der Waals surface area contributed by atoms with Gasteiger partial charge in [-0.25, -0.2) is 8.42 Å². The number of benzene rings is 2. The average molecular weight is 451 g/mol. The lowest BCUT2D eigenvalue weighted by Gasteiger charge is -2.29. The standard InChI is InChI=1S/C19H19ClN4O3S2/c1-3-16(24(29(2,26)27)15-7-5-4-6-8-15)17(25)21-19-23-22-18(28-19)13-9-11-14(20)12-10-13/h4-12,16H,3H2,1-2H3,(H,21,23,25). The molecule has 2 aromatic carbocycles. The molecule has 0 aliphatic heterocycles. The number of nitrogens with zero attached hydrogens (tertiary/aromatic N) is 3. The van der Waals surface area contributed by atoms with Gasteiger partial charge in [0.25, 0.3) is 0 Å². The topological polar surface area (TPSA) is 92.3 Å². The van der Waals surface area contributed by atoms with Gasteiger partial charge in [0.15, 0.2) is 0 Å². The Morgan fingerprint density at radius 2 is 1.79 bits per heavy atom. The second kappa shape index (κ2) is 8.89. The average Bonchev–Trinajstić information content (AvgIpc) is 3.14. The molecule has 1 N–H and O–H groups in total. The predicted octanol–water partition coefficient (Wildman–Crippen LogP) is 4.04. The fourth-order valence-electron chi connectivity index (χ4n) is 2.81. The third kappa shape index (κ3) is 5.11. The maximum Gasteiger partial charge on any atom is 0.250 e. The highest BCUT2D eigenvalue weighted by molar-refractivity contribution is 7.92. The van der Waals surface area contributed by atoms with Crippen LogP contribution in [0.4, 0.5) is 10.8 Å². The highest BCUT2D eigenvalue weighted by Crippen LogP contribution is 2.28. The van der Waals surface area contributed by atoms with Gasteiger partial charge in [0.1, 0.15) is 11.0 Å². The van der Waals surface area contributed by atoms with E-state index in [2.05, 4.69) is 15.5 Å². The van der Waals surface area contributed by atoms with E-state index in [0.717, 1.165) is 16.1 Å². The molecule has 7 nitrogen and oxygen atoms in total. The molecule has 0 spiro atoms. The van der Waals surface area contributed by atoms with E-state index in [9.17, 15) is 13.2 Å². The third-order valence-electron chi connectivity index (χ3n) is 4.09. The first-order valence-corrected chi connectivity index (χ1v) is 11.8. The van der Waals surface area contributed by atoms with Crippen LogP contribution in [0.3, 0.4) is 0 Å². The molecule has 3 rings (SSSR count). The lowest BCUT2D eigenvalue weighted by molar-refractivity contribution is -0.117. The van der Waals surface area contributed by atoms with Gasteiger partial charge in [-0.05, 0) is 30.7 Å². The Bertz CT molecular complexity index is 1090. The summed E-state index contributed by atoms with van der Waals surface area (Å²) in [7, 11) is -3.68. The van der Waals surface area contributed by atoms with Crippen molar-refractivity contribution >= 4 is 49.7 Å². The molecule has 1 amide bonds. The van der Waals surface area contributed by atoms with Gasteiger partial charge in [0.2, 0.25) is 21.1 Å². The van der Waals surface area contributed by atoms with Crippen LogP contribution in [-0.4, -0.2) is 36.8 Å². The second-order valence-electron chi connectivity index (χ2n) is 6.23. The highest BCUT2D eigenvalue weighted by Gasteiger charge is 2.32. The van der Waals surface area contributed by atoms with Crippen LogP contribution >= 0.6 is 22.9 Å². The van der Waals surface area contributed by atoms with Crippen molar-refractivity contribution in [3.63, 3.8) is 0 Å². The quantitative estimate of drug-likeness (QED) is 0.586. The molecule has 1 aromatic heterocycles. The molecule has 0 saturated carbocycles. The monoisotopic (exact) mass is 450 g/mol. The van der Waals surface area contributed by atoms with Crippen LogP contribution in [0.25, 0.3) is 10.6 Å². The molecule has 1 atom stereocenters. The number of amides is 1. The SMILES string of the molecule is CCC(C(=O)Nc1nnc(-c2ccc(Cl)cc2)s1)N(c1ccccc1)S(C)(=O)=O. The summed E-state index contributed by atoms with van der Waals surface area (Å²) in [5.41, 5.74) is 1.25. The predicted molar refractivity (Wildman–Crippen MR) is 117 cm³/mol. The molecular formula is C19H19ClN4O3S2. The smallest absolute Gasteiger partial charge is 0.250 e. The highest BCUT2D eigenvalue weighted by atomic mass is 35.5. The molecule has 0 radical (unpaired) electrons. The van der Waals surface area contributed by atoms with Gasteiger partial charge in [0, 0.05) is 10.6 Å². The number of carbonyl (C=O) groups excluding carboxylic acids is 1. The van der Waals surface area contributed by atoms with E-state index in [1.165, 1.54) is 11.3 Å². The lowest BCUT2D eigenvalue weighted by atomic mass is 10.2. The first kappa shape index (κ1) is 21.2. The van der Waals surface area contributed by atoms with Crippen LogP contribution in [0.5, 0.6) is 0 Å². The minimum absolute atomic E-state index is 0.288. The number of nitrogens with one attached hydrogen (secondary N) is 1. The van der Waals surface area contributed by atoms with Gasteiger partial charge >= 0.3 is 0 Å². The molecule has 0 aliphatic carbocycles. The van der Waals surface area contributed by atoms with Gasteiger partial charge in [0.05, 0.1) is 11.9 Å². The van der Waals surface area contributed by atoms with Crippen LogP contribution in [0.1, 0.15) is 13.3 Å². The van der Waals surface area contributed by atoms with Gasteiger partial charge < -0.3 is 0 Å². The molecule has 152 valence electrons. The van der Waals surface area contributed by atoms with Crippen molar-refractivity contribution in [2.45, 2.75) is 19.4 Å². The maximum atomic E-state index is 12.9. The summed E-state index contributed by atoms with van der Waals surface area (Å²) >= 11 is 7.10. The van der Waals surface area contributed by atoms with E-state index >= 15 is 0 Å². The summed E-state index contributed by atoms with van der Waals surface area (Å²) in [6.45, 7) is 1.75. The zero-order chi connectivity index (χ0) is 21.0. The number of sulfonamides is 1. The Kier molecular flexibility index (Phi) is 6.51. The van der Waals surface area contributed by atoms with E-state index < -0.39 is 22.0 Å². The zero-order valence-corrected chi connectivity index (χ0v) is 18.1. The number of hydrogen-bond acceptors (Lipinski definition) is 6. The molecular weight excluding hydrogens is 432 g/mol. The number of hydrogen-bond donors (Lipinski definition) is 1. The summed E-state index contributed by atoms with van der Waals surface area (Å²) in [5, 5.41) is 12.3. The molecule has 10 heteroatoms. The van der Waals surface area contributed by atoms with Gasteiger partial charge in [-0.3, -0.25) is 14.4 Å². The maximum absolute atomic E-state index is 12.9. The third-order valence-corrected chi connectivity index (χ3v) is 6.41. The van der Waals surface area contributed by atoms with E-state index in [-0.39, 0.29) is 6.42 Å². The van der Waals surface area contributed by atoms with Crippen LogP contribution in [-0.2, 0) is 14.8 Å². The summed E-state index contributed by atoms with van der Waals surface area (Å²) in [6, 6.07) is 14.7. The molecule has 0 saturated heterocycles. The van der Waals surface area contributed by atoms with Crippen molar-refractivity contribution in [1.29, 1.82) is 0 Å². The van der Waals surface area contributed by atoms with E-state index in [1.54, 1.807) is 49.4 Å². The van der Waals surface area contributed by atoms with Crippen molar-refractivity contribution in [1.82, 2.24) is 10.2 Å². The Hall–Kier alpha value is -2.49. The van der Waals surface area contributed by atoms with Crippen molar-refractivity contribution in [2.75, 3.05) is 15.9 Å². The fourth-order valence-corrected chi connectivity index (χ4v) is 4.90. The summed E-state index contributed by atoms with van der Waals surface area (Å²) in [5.74, 6) is -0.472. The minimum Gasteiger partial charge on any atom is -0.299 e. The molecule has 0 bridgehead atoms. The number of anilines is 2. The number of aromatic nitrogens is 2. The molecule has 0 fully saturated rings. The Morgan fingerprint density at radius 1 is 1.14 bits per heavy atom. The van der Waals surface area contributed by atoms with Crippen LogP contribution in [0.15, 0.2) is 54.6 Å². The van der Waals surface area contributed by atoms with Crippen LogP contribution < -0.4 is 9.62 Å². The number of rotatable bonds is 7. The normalized spacial score (nSPS) is 12.4. The summed E-state index contributed by atoms with van der Waals surface area (Å²) in [6.07, 6.45) is 1.37. The Labute approximate surface area is 178 Å². The summed E-state index contributed by atoms with van der Waals surface area (Å²) in [4.78, 5) is 12.9. The molecule has 29 heavy (non-hydrogen) atoms. The van der Waals surface area contributed by atoms with Crippen LogP contribution in [0.2, 0.25) is 5.02 Å². The molecule has 0 aliphatic rings. The lowest BCUT2D eigenvalue weighted by Crippen LogP contribution is -2.46.